The van der Waals surface area contributed by atoms with Crippen molar-refractivity contribution in [1.82, 2.24) is 19.9 Å². The van der Waals surface area contributed by atoms with E-state index in [1.165, 1.54) is 49.7 Å². The lowest BCUT2D eigenvalue weighted by Crippen LogP contribution is -2.49. The van der Waals surface area contributed by atoms with Gasteiger partial charge >= 0.3 is 0 Å². The minimum Gasteiger partial charge on any atom is -0.355 e. The van der Waals surface area contributed by atoms with Gasteiger partial charge in [0.1, 0.15) is 5.82 Å². The summed E-state index contributed by atoms with van der Waals surface area (Å²) in [6.45, 7) is 5.50. The fourth-order valence-electron chi connectivity index (χ4n) is 5.70. The molecule has 6 rings (SSSR count). The topological polar surface area (TPSA) is 45.2 Å². The van der Waals surface area contributed by atoms with E-state index >= 15 is 0 Å². The molecule has 0 bridgehead atoms. The van der Waals surface area contributed by atoms with Gasteiger partial charge in [-0.05, 0) is 61.4 Å². The van der Waals surface area contributed by atoms with Crippen LogP contribution in [-0.2, 0) is 6.54 Å². The zero-order valence-corrected chi connectivity index (χ0v) is 18.5. The van der Waals surface area contributed by atoms with Crippen molar-refractivity contribution in [2.45, 2.75) is 32.2 Å². The van der Waals surface area contributed by atoms with Crippen LogP contribution in [0.4, 0.5) is 5.82 Å². The summed E-state index contributed by atoms with van der Waals surface area (Å²) in [7, 11) is 0. The number of para-hydroxylation sites is 3. The van der Waals surface area contributed by atoms with E-state index in [1.807, 2.05) is 36.7 Å². The van der Waals surface area contributed by atoms with Crippen LogP contribution in [0.5, 0.6) is 0 Å². The molecule has 2 aliphatic rings. The molecule has 162 valence electrons. The molecular weight excluding hydrogens is 394 g/mol. The second-order valence-corrected chi connectivity index (χ2v) is 9.51. The summed E-state index contributed by atoms with van der Waals surface area (Å²) in [5.74, 6) is 1.02. The standard InChI is InChI=1S/C27H29N5/c1-2-10-24-23(9-1)29-18-25(30-24)32-16-12-27(13-17-32)11-5-15-31(20-27)19-22-7-3-6-21-8-4-14-28-26(21)22/h1-4,6-10,14,18H,5,11-13,15-17,19-20H2. The molecule has 0 amide bonds. The number of hydrogen-bond acceptors (Lipinski definition) is 5. The molecule has 4 heterocycles. The molecule has 0 unspecified atom stereocenters. The van der Waals surface area contributed by atoms with E-state index in [2.05, 4.69) is 50.1 Å². The summed E-state index contributed by atoms with van der Waals surface area (Å²) in [6, 6.07) is 18.9. The molecule has 2 aromatic carbocycles. The minimum atomic E-state index is 0.428. The molecule has 2 fully saturated rings. The van der Waals surface area contributed by atoms with Gasteiger partial charge in [-0.25, -0.2) is 4.98 Å². The second kappa shape index (κ2) is 8.14. The highest BCUT2D eigenvalue weighted by Crippen LogP contribution is 2.41. The molecule has 0 saturated carbocycles. The largest absolute Gasteiger partial charge is 0.355 e. The van der Waals surface area contributed by atoms with Gasteiger partial charge < -0.3 is 4.90 Å². The van der Waals surface area contributed by atoms with Crippen LogP contribution in [0, 0.1) is 5.41 Å². The first kappa shape index (κ1) is 19.6. The number of piperidine rings is 2. The Morgan fingerprint density at radius 1 is 0.812 bits per heavy atom. The monoisotopic (exact) mass is 423 g/mol. The van der Waals surface area contributed by atoms with Crippen LogP contribution < -0.4 is 4.90 Å². The number of nitrogens with zero attached hydrogens (tertiary/aromatic N) is 5. The maximum absolute atomic E-state index is 4.88. The quantitative estimate of drug-likeness (QED) is 0.461. The molecule has 1 spiro atoms. The summed E-state index contributed by atoms with van der Waals surface area (Å²) >= 11 is 0. The highest BCUT2D eigenvalue weighted by Gasteiger charge is 2.38. The number of pyridine rings is 1. The van der Waals surface area contributed by atoms with E-state index in [-0.39, 0.29) is 0 Å². The molecule has 0 atom stereocenters. The van der Waals surface area contributed by atoms with E-state index in [4.69, 9.17) is 4.98 Å². The average molecular weight is 424 g/mol. The molecule has 4 aromatic rings. The molecule has 0 aliphatic carbocycles. The normalized spacial score (nSPS) is 19.1. The van der Waals surface area contributed by atoms with Gasteiger partial charge in [-0.15, -0.1) is 0 Å². The highest BCUT2D eigenvalue weighted by molar-refractivity contribution is 5.81. The molecule has 0 N–H and O–H groups in total. The van der Waals surface area contributed by atoms with Gasteiger partial charge in [0.25, 0.3) is 0 Å². The predicted octanol–water partition coefficient (Wildman–Crippen LogP) is 5.06. The van der Waals surface area contributed by atoms with Crippen molar-refractivity contribution in [2.75, 3.05) is 31.1 Å². The smallest absolute Gasteiger partial charge is 0.147 e. The van der Waals surface area contributed by atoms with Crippen molar-refractivity contribution >= 4 is 27.8 Å². The summed E-state index contributed by atoms with van der Waals surface area (Å²) in [4.78, 5) is 19.3. The predicted molar refractivity (Wildman–Crippen MR) is 130 cm³/mol. The number of likely N-dealkylation sites (tertiary alicyclic amines) is 1. The lowest BCUT2D eigenvalue weighted by Gasteiger charge is -2.48. The van der Waals surface area contributed by atoms with Gasteiger partial charge in [-0.2, -0.15) is 0 Å². The zero-order chi connectivity index (χ0) is 21.4. The number of aromatic nitrogens is 3. The second-order valence-electron chi connectivity index (χ2n) is 9.51. The van der Waals surface area contributed by atoms with Crippen molar-refractivity contribution in [3.8, 4) is 0 Å². The number of anilines is 1. The fourth-order valence-corrected chi connectivity index (χ4v) is 5.70. The number of fused-ring (bicyclic) bond motifs is 2. The van der Waals surface area contributed by atoms with Crippen LogP contribution >= 0.6 is 0 Å². The van der Waals surface area contributed by atoms with Gasteiger partial charge in [0.2, 0.25) is 0 Å². The molecule has 0 radical (unpaired) electrons. The third kappa shape index (κ3) is 3.71. The third-order valence-corrected chi connectivity index (χ3v) is 7.43. The van der Waals surface area contributed by atoms with Crippen LogP contribution in [0.1, 0.15) is 31.2 Å². The van der Waals surface area contributed by atoms with Gasteiger partial charge in [0.05, 0.1) is 22.7 Å². The van der Waals surface area contributed by atoms with E-state index in [9.17, 15) is 0 Å². The van der Waals surface area contributed by atoms with E-state index in [1.54, 1.807) is 0 Å². The number of hydrogen-bond donors (Lipinski definition) is 0. The lowest BCUT2D eigenvalue weighted by molar-refractivity contribution is 0.0607. The SMILES string of the molecule is c1cnc2c(CN3CCCC4(CCN(c5cnc6ccccc6n5)CC4)C3)cccc2c1. The maximum Gasteiger partial charge on any atom is 0.147 e. The van der Waals surface area contributed by atoms with Crippen molar-refractivity contribution in [1.29, 1.82) is 0 Å². The van der Waals surface area contributed by atoms with E-state index in [0.29, 0.717) is 5.41 Å². The third-order valence-electron chi connectivity index (χ3n) is 7.43. The van der Waals surface area contributed by atoms with Gasteiger partial charge in [-0.1, -0.05) is 36.4 Å². The Morgan fingerprint density at radius 2 is 1.66 bits per heavy atom. The van der Waals surface area contributed by atoms with Crippen LogP contribution in [0.15, 0.2) is 67.0 Å². The van der Waals surface area contributed by atoms with Crippen molar-refractivity contribution in [2.24, 2.45) is 5.41 Å². The van der Waals surface area contributed by atoms with E-state index in [0.717, 1.165) is 42.0 Å². The summed E-state index contributed by atoms with van der Waals surface area (Å²) in [5.41, 5.74) is 4.88. The van der Waals surface area contributed by atoms with Crippen molar-refractivity contribution < 1.29 is 0 Å². The van der Waals surface area contributed by atoms with Crippen LogP contribution in [0.25, 0.3) is 21.9 Å². The van der Waals surface area contributed by atoms with Crippen LogP contribution in [0.3, 0.4) is 0 Å². The van der Waals surface area contributed by atoms with Crippen molar-refractivity contribution in [3.63, 3.8) is 0 Å². The number of benzene rings is 2. The molecule has 2 aromatic heterocycles. The first-order valence-electron chi connectivity index (χ1n) is 11.8. The van der Waals surface area contributed by atoms with Gasteiger partial charge in [0.15, 0.2) is 0 Å². The van der Waals surface area contributed by atoms with Crippen LogP contribution in [-0.4, -0.2) is 46.0 Å². The Balaban J connectivity index is 1.15. The highest BCUT2D eigenvalue weighted by atomic mass is 15.2. The maximum atomic E-state index is 4.88. The molecule has 2 aliphatic heterocycles. The molecule has 2 saturated heterocycles. The Bertz CT molecular complexity index is 1240. The zero-order valence-electron chi connectivity index (χ0n) is 18.5. The Morgan fingerprint density at radius 3 is 2.56 bits per heavy atom. The summed E-state index contributed by atoms with van der Waals surface area (Å²) in [5, 5.41) is 1.24. The Kier molecular flexibility index (Phi) is 4.99. The molecule has 5 heteroatoms. The lowest BCUT2D eigenvalue weighted by atomic mass is 9.72. The fraction of sp³-hybridized carbons (Fsp3) is 0.370. The summed E-state index contributed by atoms with van der Waals surface area (Å²) in [6.07, 6.45) is 8.94. The molecular formula is C27H29N5. The average Bonchev–Trinajstić information content (AvgIpc) is 2.85. The van der Waals surface area contributed by atoms with Gasteiger partial charge in [0, 0.05) is 37.8 Å². The van der Waals surface area contributed by atoms with Gasteiger partial charge in [-0.3, -0.25) is 14.9 Å². The van der Waals surface area contributed by atoms with Crippen LogP contribution in [0.2, 0.25) is 0 Å². The summed E-state index contributed by atoms with van der Waals surface area (Å²) < 4.78 is 0. The van der Waals surface area contributed by atoms with Crippen molar-refractivity contribution in [3.05, 3.63) is 72.6 Å². The minimum absolute atomic E-state index is 0.428. The Labute approximate surface area is 189 Å². The Hall–Kier alpha value is -3.05. The number of rotatable bonds is 3. The molecule has 5 nitrogen and oxygen atoms in total. The van der Waals surface area contributed by atoms with E-state index < -0.39 is 0 Å². The first-order chi connectivity index (χ1) is 15.8. The molecule has 32 heavy (non-hydrogen) atoms. The first-order valence-corrected chi connectivity index (χ1v) is 11.8.